The number of ether oxygens (including phenoxy) is 3. The number of hydrogen-bond acceptors (Lipinski definition) is 10. The summed E-state index contributed by atoms with van der Waals surface area (Å²) in [7, 11) is 0. The number of nitrogens with one attached hydrogen (secondary N) is 2. The number of cyclic esters (lactones) is 1. The Labute approximate surface area is 300 Å². The molecule has 6 rings (SSSR count). The molecule has 278 valence electrons. The highest BCUT2D eigenvalue weighted by Gasteiger charge is 2.46. The molecule has 3 aromatic rings. The summed E-state index contributed by atoms with van der Waals surface area (Å²) in [4.78, 5) is 71.1. The van der Waals surface area contributed by atoms with Crippen molar-refractivity contribution in [3.05, 3.63) is 61.7 Å². The number of carbonyl (C=O) groups is 4. The molecule has 1 aliphatic carbocycles. The number of aromatic nitrogens is 2. The van der Waals surface area contributed by atoms with Crippen molar-refractivity contribution in [3.8, 4) is 11.4 Å². The Hall–Kier alpha value is -4.85. The summed E-state index contributed by atoms with van der Waals surface area (Å²) in [6.07, 6.45) is -0.336. The zero-order valence-electron chi connectivity index (χ0n) is 30.7. The van der Waals surface area contributed by atoms with Gasteiger partial charge in [0.1, 0.15) is 29.7 Å². The topological polar surface area (TPSA) is 175 Å². The highest BCUT2D eigenvalue weighted by Crippen LogP contribution is 2.46. The van der Waals surface area contributed by atoms with E-state index in [1.54, 1.807) is 61.5 Å². The molecule has 0 unspecified atom stereocenters. The van der Waals surface area contributed by atoms with E-state index in [2.05, 4.69) is 10.6 Å². The largest absolute Gasteiger partial charge is 0.460 e. The fourth-order valence-electron chi connectivity index (χ4n) is 7.34. The van der Waals surface area contributed by atoms with Gasteiger partial charge in [-0.05, 0) is 96.9 Å². The number of amides is 2. The van der Waals surface area contributed by atoms with Crippen LogP contribution in [-0.2, 0) is 53.8 Å². The molecule has 0 bridgehead atoms. The third kappa shape index (κ3) is 6.64. The number of alkyl carbamates (subject to hydrolysis) is 1. The molecule has 52 heavy (non-hydrogen) atoms. The number of hydrogen-bond donors (Lipinski definition) is 3. The van der Waals surface area contributed by atoms with E-state index in [0.717, 1.165) is 5.56 Å². The number of aliphatic hydroxyl groups is 1. The molecular formula is C38H45FN4O9. The van der Waals surface area contributed by atoms with Crippen LogP contribution in [0.25, 0.3) is 22.3 Å². The number of halogens is 1. The maximum atomic E-state index is 15.3. The average Bonchev–Trinajstić information content (AvgIpc) is 3.41. The predicted molar refractivity (Wildman–Crippen MR) is 187 cm³/mol. The summed E-state index contributed by atoms with van der Waals surface area (Å²) in [5, 5.41) is 17.7. The third-order valence-electron chi connectivity index (χ3n) is 9.76. The molecule has 2 aliphatic heterocycles. The lowest BCUT2D eigenvalue weighted by molar-refractivity contribution is -0.172. The standard InChI is InChI=1S/C38H45FN4O9/c1-9-38(49)22-14-27-31-20(16-43(27)33(46)21(22)17-50-34(38)47)30-24(11-10-19-18(2)23(39)15-26(40-31)29(19)30)41-32(45)25(42-35(48)52-37(6,7)8)12-13-28(44)51-36(3,4)5/h14-15,24-25,49H,9-13,16-17H2,1-8H3,(H,41,45)(H,42,48)/t24-,25-,38-/m0/s1. The van der Waals surface area contributed by atoms with Gasteiger partial charge in [-0.2, -0.15) is 0 Å². The van der Waals surface area contributed by atoms with E-state index in [-0.39, 0.29) is 43.5 Å². The van der Waals surface area contributed by atoms with Crippen molar-refractivity contribution in [1.82, 2.24) is 20.2 Å². The molecule has 13 nitrogen and oxygen atoms in total. The maximum Gasteiger partial charge on any atom is 0.408 e. The van der Waals surface area contributed by atoms with E-state index in [4.69, 9.17) is 19.2 Å². The Morgan fingerprint density at radius 3 is 2.44 bits per heavy atom. The zero-order chi connectivity index (χ0) is 38.1. The first-order valence-electron chi connectivity index (χ1n) is 17.6. The molecule has 14 heteroatoms. The van der Waals surface area contributed by atoms with Crippen LogP contribution in [0.5, 0.6) is 0 Å². The van der Waals surface area contributed by atoms with Crippen molar-refractivity contribution >= 4 is 34.8 Å². The minimum Gasteiger partial charge on any atom is -0.460 e. The molecule has 0 fully saturated rings. The molecular weight excluding hydrogens is 675 g/mol. The molecule has 0 radical (unpaired) electrons. The van der Waals surface area contributed by atoms with Gasteiger partial charge in [0.25, 0.3) is 5.56 Å². The molecule has 0 saturated heterocycles. The Balaban J connectivity index is 1.43. The van der Waals surface area contributed by atoms with Gasteiger partial charge in [0.2, 0.25) is 5.91 Å². The molecule has 0 saturated carbocycles. The van der Waals surface area contributed by atoms with E-state index >= 15 is 4.39 Å². The molecule has 3 atom stereocenters. The molecule has 0 spiro atoms. The fourth-order valence-corrected chi connectivity index (χ4v) is 7.34. The second kappa shape index (κ2) is 13.0. The van der Waals surface area contributed by atoms with Gasteiger partial charge in [-0.3, -0.25) is 14.4 Å². The van der Waals surface area contributed by atoms with Gasteiger partial charge in [0.05, 0.1) is 35.1 Å². The molecule has 3 N–H and O–H groups in total. The Kier molecular flexibility index (Phi) is 9.21. The first-order valence-corrected chi connectivity index (χ1v) is 17.6. The van der Waals surface area contributed by atoms with Crippen LogP contribution in [0.2, 0.25) is 0 Å². The van der Waals surface area contributed by atoms with Crippen molar-refractivity contribution in [1.29, 1.82) is 0 Å². The van der Waals surface area contributed by atoms with Crippen LogP contribution in [0.15, 0.2) is 16.9 Å². The van der Waals surface area contributed by atoms with Crippen LogP contribution >= 0.6 is 0 Å². The molecule has 2 aromatic heterocycles. The van der Waals surface area contributed by atoms with Crippen molar-refractivity contribution < 1.29 is 42.9 Å². The van der Waals surface area contributed by atoms with Gasteiger partial charge >= 0.3 is 18.0 Å². The van der Waals surface area contributed by atoms with Gasteiger partial charge in [-0.1, -0.05) is 6.92 Å². The van der Waals surface area contributed by atoms with Gasteiger partial charge in [-0.15, -0.1) is 0 Å². The Morgan fingerprint density at radius 1 is 1.10 bits per heavy atom. The lowest BCUT2D eigenvalue weighted by Gasteiger charge is -2.31. The van der Waals surface area contributed by atoms with Crippen molar-refractivity contribution in [2.24, 2.45) is 0 Å². The van der Waals surface area contributed by atoms with Crippen LogP contribution in [0.3, 0.4) is 0 Å². The summed E-state index contributed by atoms with van der Waals surface area (Å²) in [6, 6.07) is 1.07. The summed E-state index contributed by atoms with van der Waals surface area (Å²) in [6.45, 7) is 13.3. The maximum absolute atomic E-state index is 15.3. The second-order valence-corrected chi connectivity index (χ2v) is 15.7. The van der Waals surface area contributed by atoms with Gasteiger partial charge in [0, 0.05) is 29.0 Å². The van der Waals surface area contributed by atoms with Crippen molar-refractivity contribution in [2.45, 2.75) is 130 Å². The average molecular weight is 721 g/mol. The lowest BCUT2D eigenvalue weighted by Crippen LogP contribution is -2.49. The highest BCUT2D eigenvalue weighted by atomic mass is 19.1. The smallest absolute Gasteiger partial charge is 0.408 e. The van der Waals surface area contributed by atoms with Crippen LogP contribution in [-0.4, -0.2) is 55.8 Å². The van der Waals surface area contributed by atoms with Gasteiger partial charge in [-0.25, -0.2) is 19.0 Å². The normalized spacial score (nSPS) is 19.6. The third-order valence-corrected chi connectivity index (χ3v) is 9.76. The van der Waals surface area contributed by atoms with E-state index < -0.39 is 64.2 Å². The summed E-state index contributed by atoms with van der Waals surface area (Å²) >= 11 is 0. The van der Waals surface area contributed by atoms with Gasteiger partial charge < -0.3 is 34.5 Å². The molecule has 2 amide bonds. The first-order chi connectivity index (χ1) is 24.2. The number of esters is 2. The number of benzene rings is 1. The quantitative estimate of drug-likeness (QED) is 0.180. The summed E-state index contributed by atoms with van der Waals surface area (Å²) in [5.74, 6) is -2.41. The van der Waals surface area contributed by atoms with E-state index in [1.165, 1.54) is 10.6 Å². The van der Waals surface area contributed by atoms with Gasteiger partial charge in [0.15, 0.2) is 5.60 Å². The SMILES string of the molecule is CC[C@@]1(O)C(=O)OCc2c1cc1n(c2=O)Cc2c-1nc1cc(F)c(C)c3c1c2[C@@H](NC(=O)[C@H](CCC(=O)OC(C)(C)C)NC(=O)OC(C)(C)C)CC3. The highest BCUT2D eigenvalue weighted by molar-refractivity contribution is 5.94. The van der Waals surface area contributed by atoms with Crippen LogP contribution in [0.1, 0.15) is 114 Å². The fraction of sp³-hybridized carbons (Fsp3) is 0.526. The minimum atomic E-state index is -2.03. The molecule has 3 aliphatic rings. The summed E-state index contributed by atoms with van der Waals surface area (Å²) in [5.41, 5.74) is -0.272. The minimum absolute atomic E-state index is 0.0284. The molecule has 1 aromatic carbocycles. The van der Waals surface area contributed by atoms with Crippen LogP contribution in [0.4, 0.5) is 9.18 Å². The molecule has 4 heterocycles. The van der Waals surface area contributed by atoms with Crippen molar-refractivity contribution in [2.75, 3.05) is 0 Å². The second-order valence-electron chi connectivity index (χ2n) is 15.7. The van der Waals surface area contributed by atoms with E-state index in [0.29, 0.717) is 51.8 Å². The number of rotatable bonds is 7. The Morgan fingerprint density at radius 2 is 1.79 bits per heavy atom. The van der Waals surface area contributed by atoms with Crippen LogP contribution < -0.4 is 16.2 Å². The summed E-state index contributed by atoms with van der Waals surface area (Å²) < 4.78 is 32.9. The predicted octanol–water partition coefficient (Wildman–Crippen LogP) is 4.65. The lowest BCUT2D eigenvalue weighted by atomic mass is 9.81. The van der Waals surface area contributed by atoms with E-state index in [9.17, 15) is 29.1 Å². The van der Waals surface area contributed by atoms with E-state index in [1.807, 2.05) is 0 Å². The monoisotopic (exact) mass is 720 g/mol. The number of carbonyl (C=O) groups excluding carboxylic acids is 4. The first kappa shape index (κ1) is 36.9. The van der Waals surface area contributed by atoms with Crippen molar-refractivity contribution in [3.63, 3.8) is 0 Å². The zero-order valence-corrected chi connectivity index (χ0v) is 30.7. The number of fused-ring (bicyclic) bond motifs is 5. The number of pyridine rings is 2. The number of nitrogens with zero attached hydrogens (tertiary/aromatic N) is 2. The Bertz CT molecular complexity index is 2100. The van der Waals surface area contributed by atoms with Crippen LogP contribution in [0, 0.1) is 12.7 Å². The number of aryl methyl sites for hydroxylation is 1.